The molecule has 0 N–H and O–H groups in total. The molecule has 0 saturated heterocycles. The Morgan fingerprint density at radius 2 is 1.53 bits per heavy atom. The van der Waals surface area contributed by atoms with Gasteiger partial charge in [-0.25, -0.2) is 0 Å². The minimum Gasteiger partial charge on any atom is -0.250 e. The average Bonchev–Trinajstić information content (AvgIpc) is 2.00. The van der Waals surface area contributed by atoms with E-state index in [1.807, 2.05) is 0 Å². The molecule has 84 valence electrons. The van der Waals surface area contributed by atoms with Crippen molar-refractivity contribution in [3.05, 3.63) is 28.0 Å². The number of aromatic nitrogens is 1. The molecule has 0 radical (unpaired) electrons. The average molecular weight is 294 g/mol. The first-order valence-electron chi connectivity index (χ1n) is 3.42. The molecule has 0 atom stereocenters. The number of hydrogen-bond acceptors (Lipinski definition) is 1. The highest BCUT2D eigenvalue weighted by atomic mass is 79.9. The molecule has 0 spiro atoms. The van der Waals surface area contributed by atoms with E-state index >= 15 is 0 Å². The lowest BCUT2D eigenvalue weighted by molar-refractivity contribution is -0.164. The summed E-state index contributed by atoms with van der Waals surface area (Å²) >= 11 is 2.63. The van der Waals surface area contributed by atoms with Gasteiger partial charge in [-0.1, -0.05) is 0 Å². The Morgan fingerprint density at radius 1 is 1.00 bits per heavy atom. The topological polar surface area (TPSA) is 12.9 Å². The summed E-state index contributed by atoms with van der Waals surface area (Å²) in [6.07, 6.45) is -9.54. The highest BCUT2D eigenvalue weighted by Crippen LogP contribution is 2.39. The van der Waals surface area contributed by atoms with Crippen LogP contribution in [0.15, 0.2) is 16.7 Å². The smallest absolute Gasteiger partial charge is 0.250 e. The van der Waals surface area contributed by atoms with Gasteiger partial charge in [-0.15, -0.1) is 0 Å². The van der Waals surface area contributed by atoms with Crippen LogP contribution in [0.4, 0.5) is 26.3 Å². The van der Waals surface area contributed by atoms with Gasteiger partial charge in [-0.2, -0.15) is 26.3 Å². The van der Waals surface area contributed by atoms with E-state index < -0.39 is 23.6 Å². The summed E-state index contributed by atoms with van der Waals surface area (Å²) in [5.41, 5.74) is -3.73. The number of rotatable bonds is 0. The van der Waals surface area contributed by atoms with Crippen LogP contribution >= 0.6 is 15.9 Å². The van der Waals surface area contributed by atoms with Gasteiger partial charge in [0.25, 0.3) is 0 Å². The van der Waals surface area contributed by atoms with Crippen LogP contribution in [0.2, 0.25) is 0 Å². The molecule has 0 fully saturated rings. The second-order valence-electron chi connectivity index (χ2n) is 2.55. The minimum atomic E-state index is -5.12. The molecule has 0 aliphatic rings. The Kier molecular flexibility index (Phi) is 2.99. The fraction of sp³-hybridized carbons (Fsp3) is 0.286. The summed E-state index contributed by atoms with van der Waals surface area (Å²) < 4.78 is 72.8. The van der Waals surface area contributed by atoms with E-state index in [-0.39, 0.29) is 4.47 Å². The third kappa shape index (κ3) is 2.83. The molecule has 8 heteroatoms. The molecule has 0 unspecified atom stereocenters. The van der Waals surface area contributed by atoms with E-state index in [2.05, 4.69) is 20.9 Å². The summed E-state index contributed by atoms with van der Waals surface area (Å²) in [5.74, 6) is 0. The number of alkyl halides is 6. The number of nitrogens with zero attached hydrogens (tertiary/aromatic N) is 1. The number of pyridine rings is 1. The predicted octanol–water partition coefficient (Wildman–Crippen LogP) is 3.88. The molecular formula is C7H2BrF6N. The number of halogens is 7. The second kappa shape index (κ2) is 3.66. The van der Waals surface area contributed by atoms with Gasteiger partial charge in [-0.05, 0) is 22.0 Å². The first kappa shape index (κ1) is 12.3. The summed E-state index contributed by atoms with van der Waals surface area (Å²) in [6.45, 7) is 0. The predicted molar refractivity (Wildman–Crippen MR) is 41.9 cm³/mol. The van der Waals surface area contributed by atoms with Crippen molar-refractivity contribution in [2.24, 2.45) is 0 Å². The monoisotopic (exact) mass is 293 g/mol. The molecular weight excluding hydrogens is 292 g/mol. The standard InChI is InChI=1S/C7H2BrF6N/c8-3-1-4(6(9,10)11)5(15-2-3)7(12,13)14/h1-2H. The Labute approximate surface area is 88.2 Å². The van der Waals surface area contributed by atoms with Crippen LogP contribution < -0.4 is 0 Å². The zero-order valence-corrected chi connectivity index (χ0v) is 8.33. The largest absolute Gasteiger partial charge is 0.433 e. The summed E-state index contributed by atoms with van der Waals surface area (Å²) in [5, 5.41) is 0. The molecule has 0 aliphatic carbocycles. The lowest BCUT2D eigenvalue weighted by atomic mass is 10.2. The van der Waals surface area contributed by atoms with Gasteiger partial charge in [0.15, 0.2) is 5.69 Å². The molecule has 0 saturated carbocycles. The van der Waals surface area contributed by atoms with Crippen molar-refractivity contribution >= 4 is 15.9 Å². The zero-order chi connectivity index (χ0) is 11.9. The molecule has 1 heterocycles. The normalized spacial score (nSPS) is 13.0. The van der Waals surface area contributed by atoms with Gasteiger partial charge in [0.1, 0.15) is 0 Å². The zero-order valence-electron chi connectivity index (χ0n) is 6.75. The van der Waals surface area contributed by atoms with Gasteiger partial charge in [-0.3, -0.25) is 4.98 Å². The van der Waals surface area contributed by atoms with Gasteiger partial charge in [0.05, 0.1) is 5.56 Å². The first-order chi connectivity index (χ1) is 6.62. The highest BCUT2D eigenvalue weighted by molar-refractivity contribution is 9.10. The molecule has 1 aromatic heterocycles. The number of hydrogen-bond donors (Lipinski definition) is 0. The van der Waals surface area contributed by atoms with E-state index in [1.165, 1.54) is 0 Å². The van der Waals surface area contributed by atoms with Crippen LogP contribution in [-0.4, -0.2) is 4.98 Å². The maximum absolute atomic E-state index is 12.2. The summed E-state index contributed by atoms with van der Waals surface area (Å²) in [4.78, 5) is 2.72. The van der Waals surface area contributed by atoms with Gasteiger partial charge < -0.3 is 0 Å². The molecule has 0 bridgehead atoms. The third-order valence-electron chi connectivity index (χ3n) is 1.43. The van der Waals surface area contributed by atoms with Crippen LogP contribution in [0.3, 0.4) is 0 Å². The molecule has 0 aliphatic heterocycles. The van der Waals surface area contributed by atoms with Crippen LogP contribution in [0.25, 0.3) is 0 Å². The molecule has 1 nitrogen and oxygen atoms in total. The Bertz CT molecular complexity index is 369. The van der Waals surface area contributed by atoms with Crippen LogP contribution in [-0.2, 0) is 12.4 Å². The molecule has 15 heavy (non-hydrogen) atoms. The third-order valence-corrected chi connectivity index (χ3v) is 1.86. The van der Waals surface area contributed by atoms with Crippen molar-refractivity contribution in [3.63, 3.8) is 0 Å². The van der Waals surface area contributed by atoms with E-state index in [9.17, 15) is 26.3 Å². The van der Waals surface area contributed by atoms with Crippen molar-refractivity contribution in [2.45, 2.75) is 12.4 Å². The van der Waals surface area contributed by atoms with Gasteiger partial charge >= 0.3 is 12.4 Å². The fourth-order valence-electron chi connectivity index (χ4n) is 0.881. The summed E-state index contributed by atoms with van der Waals surface area (Å²) in [6, 6.07) is 0.343. The van der Waals surface area contributed by atoms with Crippen LogP contribution in [0, 0.1) is 0 Å². The molecule has 1 aromatic rings. The van der Waals surface area contributed by atoms with E-state index in [4.69, 9.17) is 0 Å². The van der Waals surface area contributed by atoms with E-state index in [0.717, 1.165) is 0 Å². The Hall–Kier alpha value is -0.790. The van der Waals surface area contributed by atoms with Crippen molar-refractivity contribution in [3.8, 4) is 0 Å². The van der Waals surface area contributed by atoms with Crippen molar-refractivity contribution < 1.29 is 26.3 Å². The van der Waals surface area contributed by atoms with Gasteiger partial charge in [0, 0.05) is 10.7 Å². The lowest BCUT2D eigenvalue weighted by Gasteiger charge is -2.14. The van der Waals surface area contributed by atoms with Crippen molar-refractivity contribution in [1.29, 1.82) is 0 Å². The van der Waals surface area contributed by atoms with Crippen molar-refractivity contribution in [2.75, 3.05) is 0 Å². The van der Waals surface area contributed by atoms with Crippen LogP contribution in [0.5, 0.6) is 0 Å². The molecule has 0 aromatic carbocycles. The lowest BCUT2D eigenvalue weighted by Crippen LogP contribution is -2.18. The van der Waals surface area contributed by atoms with Crippen LogP contribution in [0.1, 0.15) is 11.3 Å². The highest BCUT2D eigenvalue weighted by Gasteiger charge is 2.44. The van der Waals surface area contributed by atoms with Gasteiger partial charge in [0.2, 0.25) is 0 Å². The SMILES string of the molecule is FC(F)(F)c1cc(Br)cnc1C(F)(F)F. The minimum absolute atomic E-state index is 0.164. The Morgan fingerprint density at radius 3 is 1.93 bits per heavy atom. The van der Waals surface area contributed by atoms with E-state index in [0.29, 0.717) is 12.3 Å². The Balaban J connectivity index is 3.41. The second-order valence-corrected chi connectivity index (χ2v) is 3.46. The molecule has 0 amide bonds. The fourth-order valence-corrected chi connectivity index (χ4v) is 1.21. The maximum Gasteiger partial charge on any atom is 0.433 e. The van der Waals surface area contributed by atoms with E-state index in [1.54, 1.807) is 0 Å². The maximum atomic E-state index is 12.2. The quantitative estimate of drug-likeness (QED) is 0.662. The molecule has 1 rings (SSSR count). The van der Waals surface area contributed by atoms with Crippen molar-refractivity contribution in [1.82, 2.24) is 4.98 Å². The first-order valence-corrected chi connectivity index (χ1v) is 4.21. The summed E-state index contributed by atoms with van der Waals surface area (Å²) in [7, 11) is 0.